The highest BCUT2D eigenvalue weighted by Crippen LogP contribution is 2.74. The Bertz CT molecular complexity index is 933. The van der Waals surface area contributed by atoms with E-state index in [1.54, 1.807) is 0 Å². The van der Waals surface area contributed by atoms with E-state index in [0.717, 1.165) is 59.2 Å². The van der Waals surface area contributed by atoms with Crippen LogP contribution in [0.15, 0.2) is 0 Å². The van der Waals surface area contributed by atoms with E-state index in [-0.39, 0.29) is 0 Å². The normalized spacial score (nSPS) is 60.2. The van der Waals surface area contributed by atoms with Gasteiger partial charge in [0.2, 0.25) is 0 Å². The molecule has 0 aliphatic heterocycles. The van der Waals surface area contributed by atoms with Gasteiger partial charge in [0, 0.05) is 18.1 Å². The van der Waals surface area contributed by atoms with Crippen molar-refractivity contribution >= 4 is 0 Å². The maximum absolute atomic E-state index is 7.29. The van der Waals surface area contributed by atoms with Crippen molar-refractivity contribution in [3.63, 3.8) is 0 Å². The predicted molar refractivity (Wildman–Crippen MR) is 149 cm³/mol. The molecular formula is C34H55N3. The summed E-state index contributed by atoms with van der Waals surface area (Å²) in [7, 11) is 0. The Morgan fingerprint density at radius 1 is 0.405 bits per heavy atom. The fourth-order valence-corrected chi connectivity index (χ4v) is 15.6. The van der Waals surface area contributed by atoms with Gasteiger partial charge in [-0.1, -0.05) is 32.1 Å². The molecule has 206 valence electrons. The van der Waals surface area contributed by atoms with Crippen LogP contribution < -0.4 is 17.2 Å². The van der Waals surface area contributed by atoms with Gasteiger partial charge in [-0.2, -0.15) is 0 Å². The van der Waals surface area contributed by atoms with Crippen LogP contribution in [0.25, 0.3) is 0 Å². The lowest BCUT2D eigenvalue weighted by molar-refractivity contribution is -0.0242. The lowest BCUT2D eigenvalue weighted by Crippen LogP contribution is -2.54. The average Bonchev–Trinajstić information content (AvgIpc) is 3.74. The first-order valence-electron chi connectivity index (χ1n) is 17.2. The van der Waals surface area contributed by atoms with Gasteiger partial charge in [-0.3, -0.25) is 0 Å². The molecule has 0 aromatic carbocycles. The van der Waals surface area contributed by atoms with Crippen LogP contribution in [0.5, 0.6) is 0 Å². The Morgan fingerprint density at radius 2 is 0.838 bits per heavy atom. The van der Waals surface area contributed by atoms with E-state index in [2.05, 4.69) is 0 Å². The van der Waals surface area contributed by atoms with Gasteiger partial charge in [0.15, 0.2) is 0 Å². The van der Waals surface area contributed by atoms with Crippen LogP contribution in [-0.2, 0) is 0 Å². The molecule has 9 aliphatic rings. The van der Waals surface area contributed by atoms with Crippen LogP contribution in [0.1, 0.15) is 116 Å². The quantitative estimate of drug-likeness (QED) is 0.416. The third kappa shape index (κ3) is 2.77. The monoisotopic (exact) mass is 505 g/mol. The summed E-state index contributed by atoms with van der Waals surface area (Å²) in [5, 5.41) is 0. The Morgan fingerprint density at radius 3 is 1.38 bits per heavy atom. The third-order valence-electron chi connectivity index (χ3n) is 16.8. The lowest BCUT2D eigenvalue weighted by Gasteiger charge is -2.53. The van der Waals surface area contributed by atoms with Crippen LogP contribution in [0.3, 0.4) is 0 Å². The van der Waals surface area contributed by atoms with E-state index in [1.165, 1.54) is 116 Å². The first-order chi connectivity index (χ1) is 18.0. The second-order valence-corrected chi connectivity index (χ2v) is 17.1. The molecule has 3 nitrogen and oxygen atoms in total. The van der Waals surface area contributed by atoms with Crippen LogP contribution in [0.4, 0.5) is 0 Å². The van der Waals surface area contributed by atoms with E-state index in [0.29, 0.717) is 34.4 Å². The molecule has 0 amide bonds. The van der Waals surface area contributed by atoms with E-state index < -0.39 is 0 Å². The largest absolute Gasteiger partial charge is 0.327 e. The average molecular weight is 506 g/mol. The molecule has 9 aliphatic carbocycles. The lowest BCUT2D eigenvalue weighted by atomic mass is 9.53. The SMILES string of the molecule is N[C@@H]1[C@@H]2CC(C3CCC4(C3)[C@@H]3C[C@@H](CC3C3C[C@H]5C[C@@H]3C3(CCCCC3)[C@@H]5N)[C@H]4N)[C@@H](C2)C12CCCC2. The highest BCUT2D eigenvalue weighted by Gasteiger charge is 2.69. The molecule has 5 unspecified atom stereocenters. The number of nitrogens with two attached hydrogens (primary N) is 3. The molecule has 0 heterocycles. The highest BCUT2D eigenvalue weighted by molar-refractivity contribution is 5.21. The summed E-state index contributed by atoms with van der Waals surface area (Å²) in [6.07, 6.45) is 26.4. The number of hydrogen-bond donors (Lipinski definition) is 3. The van der Waals surface area contributed by atoms with E-state index >= 15 is 0 Å². The summed E-state index contributed by atoms with van der Waals surface area (Å²) in [5.74, 6) is 9.30. The molecule has 0 aromatic heterocycles. The van der Waals surface area contributed by atoms with Crippen LogP contribution in [-0.4, -0.2) is 18.1 Å². The van der Waals surface area contributed by atoms with Crippen molar-refractivity contribution in [2.24, 2.45) is 92.6 Å². The first-order valence-corrected chi connectivity index (χ1v) is 17.2. The fourth-order valence-electron chi connectivity index (χ4n) is 15.6. The van der Waals surface area contributed by atoms with Crippen molar-refractivity contribution in [3.05, 3.63) is 0 Å². The Kier molecular flexibility index (Phi) is 4.96. The Hall–Kier alpha value is -0.120. The topological polar surface area (TPSA) is 78.1 Å². The van der Waals surface area contributed by atoms with Crippen molar-refractivity contribution in [2.45, 2.75) is 134 Å². The molecule has 9 fully saturated rings. The molecule has 3 heteroatoms. The number of rotatable bonds is 2. The molecular weight excluding hydrogens is 450 g/mol. The van der Waals surface area contributed by atoms with Crippen molar-refractivity contribution < 1.29 is 0 Å². The van der Waals surface area contributed by atoms with E-state index in [9.17, 15) is 0 Å². The second-order valence-electron chi connectivity index (χ2n) is 17.1. The zero-order chi connectivity index (χ0) is 24.7. The molecule has 6 bridgehead atoms. The molecule has 6 N–H and O–H groups in total. The minimum atomic E-state index is 0.495. The molecule has 3 spiro atoms. The zero-order valence-corrected chi connectivity index (χ0v) is 23.5. The van der Waals surface area contributed by atoms with E-state index in [4.69, 9.17) is 17.2 Å². The van der Waals surface area contributed by atoms with Gasteiger partial charge in [0.1, 0.15) is 0 Å². The highest BCUT2D eigenvalue weighted by atomic mass is 14.9. The van der Waals surface area contributed by atoms with Gasteiger partial charge in [-0.25, -0.2) is 0 Å². The standard InChI is InChI=1S/C34H55N3/c35-29-20-12-23(26(15-20)32(29)9-4-5-10-32)19-6-11-34(18-19)28-17-22(31(34)37)14-25(28)24-13-21-16-27(24)33(30(21)36)7-2-1-3-8-33/h19-31H,1-18,35-37H2/t19?,20-,21+,22-,23?,24?,25?,26-,27+,28-,29-,30-,31-,34?/m1/s1. The van der Waals surface area contributed by atoms with Gasteiger partial charge in [-0.05, 0) is 159 Å². The second kappa shape index (κ2) is 7.79. The summed E-state index contributed by atoms with van der Waals surface area (Å²) in [4.78, 5) is 0. The van der Waals surface area contributed by atoms with E-state index in [1.807, 2.05) is 0 Å². The first kappa shape index (κ1) is 23.6. The van der Waals surface area contributed by atoms with Crippen molar-refractivity contribution in [2.75, 3.05) is 0 Å². The zero-order valence-electron chi connectivity index (χ0n) is 23.5. The number of fused-ring (bicyclic) bond motifs is 9. The van der Waals surface area contributed by atoms with Gasteiger partial charge in [-0.15, -0.1) is 0 Å². The molecule has 0 radical (unpaired) electrons. The maximum Gasteiger partial charge on any atom is 0.0127 e. The van der Waals surface area contributed by atoms with Crippen LogP contribution in [0, 0.1) is 75.4 Å². The molecule has 0 aromatic rings. The summed E-state index contributed by atoms with van der Waals surface area (Å²) in [5.41, 5.74) is 22.9. The molecule has 9 saturated carbocycles. The van der Waals surface area contributed by atoms with Crippen molar-refractivity contribution in [1.29, 1.82) is 0 Å². The third-order valence-corrected chi connectivity index (χ3v) is 16.8. The minimum Gasteiger partial charge on any atom is -0.327 e. The molecule has 14 atom stereocenters. The van der Waals surface area contributed by atoms with Gasteiger partial charge in [0.05, 0.1) is 0 Å². The Balaban J connectivity index is 0.974. The summed E-state index contributed by atoms with van der Waals surface area (Å²) in [6, 6.07) is 1.55. The van der Waals surface area contributed by atoms with Gasteiger partial charge >= 0.3 is 0 Å². The smallest absolute Gasteiger partial charge is 0.0127 e. The fraction of sp³-hybridized carbons (Fsp3) is 1.00. The molecule has 37 heavy (non-hydrogen) atoms. The van der Waals surface area contributed by atoms with Gasteiger partial charge < -0.3 is 17.2 Å². The minimum absolute atomic E-state index is 0.495. The summed E-state index contributed by atoms with van der Waals surface area (Å²) >= 11 is 0. The summed E-state index contributed by atoms with van der Waals surface area (Å²) < 4.78 is 0. The predicted octanol–water partition coefficient (Wildman–Crippen LogP) is 6.23. The van der Waals surface area contributed by atoms with Gasteiger partial charge in [0.25, 0.3) is 0 Å². The molecule has 9 rings (SSSR count). The Labute approximate surface area is 226 Å². The number of hydrogen-bond acceptors (Lipinski definition) is 3. The van der Waals surface area contributed by atoms with Crippen LogP contribution in [0.2, 0.25) is 0 Å². The van der Waals surface area contributed by atoms with Crippen molar-refractivity contribution in [3.8, 4) is 0 Å². The molecule has 0 saturated heterocycles. The van der Waals surface area contributed by atoms with Crippen molar-refractivity contribution in [1.82, 2.24) is 0 Å². The summed E-state index contributed by atoms with van der Waals surface area (Å²) in [6.45, 7) is 0. The van der Waals surface area contributed by atoms with Crippen LogP contribution >= 0.6 is 0 Å². The maximum atomic E-state index is 7.29.